The minimum atomic E-state index is -1.39. The summed E-state index contributed by atoms with van der Waals surface area (Å²) in [5.41, 5.74) is -1.31. The van der Waals surface area contributed by atoms with Crippen LogP contribution in [-0.4, -0.2) is 191 Å². The predicted molar refractivity (Wildman–Crippen MR) is 226 cm³/mol. The SMILES string of the molecule is CCC(=O)O[C@@H]1CC(=O)O[C@H](C)CCN(C)C[C@H](O)[C@H](C)C[C@H](CC(OC)OC)[C@H](O[C@@H]2O[C@H](C)[C@@H](O[C@H]3C[C@@](C)(OC(C)=O)[C@@H](OC(=O)CC)[C@H](C)O3)[C@H](N(C)C)[C@H]2O)[C@H]1OC. The van der Waals surface area contributed by atoms with E-state index in [1.54, 1.807) is 60.5 Å². The van der Waals surface area contributed by atoms with Gasteiger partial charge in [-0.05, 0) is 73.5 Å². The highest BCUT2D eigenvalue weighted by Crippen LogP contribution is 2.39. The molecule has 0 unspecified atom stereocenters. The molecule has 3 fully saturated rings. The van der Waals surface area contributed by atoms with Crippen LogP contribution in [0.15, 0.2) is 0 Å². The summed E-state index contributed by atoms with van der Waals surface area (Å²) in [7, 11) is 9.85. The first kappa shape index (κ1) is 54.8. The molecule has 0 saturated carbocycles. The van der Waals surface area contributed by atoms with Crippen molar-refractivity contribution in [2.45, 2.75) is 192 Å². The first-order chi connectivity index (χ1) is 29.6. The number of nitrogens with zero attached hydrogens (tertiary/aromatic N) is 2. The highest BCUT2D eigenvalue weighted by Gasteiger charge is 2.54. The number of hydrogen-bond donors (Lipinski definition) is 2. The fourth-order valence-corrected chi connectivity index (χ4v) is 8.95. The third-order valence-electron chi connectivity index (χ3n) is 12.3. The van der Waals surface area contributed by atoms with E-state index in [-0.39, 0.29) is 38.0 Å². The Labute approximate surface area is 373 Å². The van der Waals surface area contributed by atoms with Crippen LogP contribution in [0.4, 0.5) is 0 Å². The van der Waals surface area contributed by atoms with Crippen LogP contribution in [0.1, 0.15) is 100 Å². The van der Waals surface area contributed by atoms with E-state index in [0.29, 0.717) is 25.9 Å². The Morgan fingerprint density at radius 3 is 2.13 bits per heavy atom. The van der Waals surface area contributed by atoms with E-state index >= 15 is 0 Å². The van der Waals surface area contributed by atoms with Crippen LogP contribution in [0.5, 0.6) is 0 Å². The zero-order chi connectivity index (χ0) is 47.3. The quantitative estimate of drug-likeness (QED) is 0.137. The van der Waals surface area contributed by atoms with Gasteiger partial charge in [0.15, 0.2) is 30.6 Å². The van der Waals surface area contributed by atoms with Crippen LogP contribution < -0.4 is 0 Å². The molecule has 366 valence electrons. The summed E-state index contributed by atoms with van der Waals surface area (Å²) in [5, 5.41) is 23.9. The molecule has 0 amide bonds. The Morgan fingerprint density at radius 2 is 1.56 bits per heavy atom. The summed E-state index contributed by atoms with van der Waals surface area (Å²) in [5.74, 6) is -3.15. The van der Waals surface area contributed by atoms with Crippen LogP contribution in [0.3, 0.4) is 0 Å². The van der Waals surface area contributed by atoms with Crippen molar-refractivity contribution in [3.05, 3.63) is 0 Å². The zero-order valence-electron chi connectivity index (χ0n) is 40.0. The molecule has 0 spiro atoms. The number of cyclic esters (lactones) is 1. The van der Waals surface area contributed by atoms with Crippen molar-refractivity contribution in [2.24, 2.45) is 11.8 Å². The number of likely N-dealkylation sites (N-methyl/N-ethyl adjacent to an activating group) is 2. The maximum absolute atomic E-state index is 13.6. The number of hydrogen-bond acceptors (Lipinski definition) is 19. The van der Waals surface area contributed by atoms with Gasteiger partial charge in [-0.15, -0.1) is 0 Å². The van der Waals surface area contributed by atoms with E-state index in [1.807, 2.05) is 18.9 Å². The molecule has 0 aromatic rings. The maximum Gasteiger partial charge on any atom is 0.309 e. The Kier molecular flexibility index (Phi) is 22.1. The second-order valence-corrected chi connectivity index (χ2v) is 17.8. The van der Waals surface area contributed by atoms with E-state index in [9.17, 15) is 29.4 Å². The smallest absolute Gasteiger partial charge is 0.309 e. The van der Waals surface area contributed by atoms with Gasteiger partial charge in [-0.3, -0.25) is 19.2 Å². The van der Waals surface area contributed by atoms with E-state index in [4.69, 9.17) is 52.1 Å². The van der Waals surface area contributed by atoms with Gasteiger partial charge in [0, 0.05) is 67.0 Å². The van der Waals surface area contributed by atoms with Crippen molar-refractivity contribution in [3.8, 4) is 0 Å². The molecule has 3 saturated heterocycles. The standard InChI is InChI=1S/C44H78N2O17/c1-15-32(49)59-31-21-34(51)56-25(4)17-18-46(11)23-30(48)24(3)19-29(20-35(53-12)54-13)40(41(31)55-14)62-43-38(52)37(45(9)10)39(26(5)58-43)61-36-22-44(8,63-28(7)47)42(27(6)57-36)60-33(50)16-2/h24-27,29-31,35-43,48,52H,15-23H2,1-14H3/t24-,25-,26-,27+,29-,30+,31-,36+,37-,38-,39-,40+,41+,42+,43+,44-/m1/s1. The number of aliphatic hydroxyl groups is 2. The molecular weight excluding hydrogens is 828 g/mol. The topological polar surface area (TPSA) is 217 Å². The average Bonchev–Trinajstić information content (AvgIpc) is 3.20. The fraction of sp³-hybridized carbons (Fsp3) is 0.909. The summed E-state index contributed by atoms with van der Waals surface area (Å²) in [6.07, 6.45) is -11.6. The molecule has 63 heavy (non-hydrogen) atoms. The lowest BCUT2D eigenvalue weighted by Crippen LogP contribution is -2.66. The van der Waals surface area contributed by atoms with Gasteiger partial charge >= 0.3 is 23.9 Å². The largest absolute Gasteiger partial charge is 0.463 e. The summed E-state index contributed by atoms with van der Waals surface area (Å²) in [6.45, 7) is 14.3. The van der Waals surface area contributed by atoms with Crippen molar-refractivity contribution >= 4 is 23.9 Å². The molecule has 19 heteroatoms. The molecule has 3 aliphatic heterocycles. The minimum absolute atomic E-state index is 0.00365. The van der Waals surface area contributed by atoms with Crippen molar-refractivity contribution in [2.75, 3.05) is 55.6 Å². The molecular formula is C44H78N2O17. The van der Waals surface area contributed by atoms with Gasteiger partial charge in [0.2, 0.25) is 0 Å². The predicted octanol–water partition coefficient (Wildman–Crippen LogP) is 2.58. The van der Waals surface area contributed by atoms with Crippen molar-refractivity contribution in [1.29, 1.82) is 0 Å². The minimum Gasteiger partial charge on any atom is -0.463 e. The van der Waals surface area contributed by atoms with Crippen LogP contribution in [-0.2, 0) is 71.3 Å². The van der Waals surface area contributed by atoms with Crippen molar-refractivity contribution in [1.82, 2.24) is 9.80 Å². The number of aliphatic hydroxyl groups excluding tert-OH is 2. The van der Waals surface area contributed by atoms with Crippen molar-refractivity contribution in [3.63, 3.8) is 0 Å². The van der Waals surface area contributed by atoms with E-state index in [1.165, 1.54) is 28.3 Å². The zero-order valence-corrected chi connectivity index (χ0v) is 40.0. The Balaban J connectivity index is 2.10. The number of carbonyl (C=O) groups excluding carboxylic acids is 4. The van der Waals surface area contributed by atoms with Crippen molar-refractivity contribution < 1.29 is 81.5 Å². The summed E-state index contributed by atoms with van der Waals surface area (Å²) >= 11 is 0. The van der Waals surface area contributed by atoms with Gasteiger partial charge in [-0.25, -0.2) is 0 Å². The van der Waals surface area contributed by atoms with Gasteiger partial charge in [0.05, 0.1) is 36.9 Å². The van der Waals surface area contributed by atoms with E-state index in [0.717, 1.165) is 0 Å². The lowest BCUT2D eigenvalue weighted by Gasteiger charge is -2.51. The van der Waals surface area contributed by atoms with E-state index in [2.05, 4.69) is 0 Å². The van der Waals surface area contributed by atoms with Crippen LogP contribution in [0.2, 0.25) is 0 Å². The van der Waals surface area contributed by atoms with Gasteiger partial charge in [0.1, 0.15) is 30.5 Å². The highest BCUT2D eigenvalue weighted by atomic mass is 16.7. The second-order valence-electron chi connectivity index (χ2n) is 17.8. The molecule has 0 aliphatic carbocycles. The van der Waals surface area contributed by atoms with Crippen LogP contribution >= 0.6 is 0 Å². The third-order valence-corrected chi connectivity index (χ3v) is 12.3. The second kappa shape index (κ2) is 25.4. The Morgan fingerprint density at radius 1 is 0.921 bits per heavy atom. The molecule has 16 atom stereocenters. The highest BCUT2D eigenvalue weighted by molar-refractivity contribution is 5.72. The number of β-amino-alcohol motifs (C(OH)–C–C–N with tert-alkyl or cyclic N) is 1. The normalized spacial score (nSPS) is 38.0. The molecule has 3 rings (SSSR count). The molecule has 3 heterocycles. The van der Waals surface area contributed by atoms with Gasteiger partial charge in [-0.2, -0.15) is 0 Å². The Bertz CT molecular complexity index is 1440. The lowest BCUT2D eigenvalue weighted by atomic mass is 9.82. The first-order valence-corrected chi connectivity index (χ1v) is 22.3. The number of rotatable bonds is 15. The van der Waals surface area contributed by atoms with E-state index < -0.39 is 121 Å². The molecule has 0 radical (unpaired) electrons. The molecule has 3 aliphatic rings. The first-order valence-electron chi connectivity index (χ1n) is 22.3. The maximum atomic E-state index is 13.6. The number of ether oxygens (including phenoxy) is 11. The molecule has 0 aromatic carbocycles. The molecule has 19 nitrogen and oxygen atoms in total. The number of methoxy groups -OCH3 is 3. The summed E-state index contributed by atoms with van der Waals surface area (Å²) < 4.78 is 67.0. The number of esters is 4. The summed E-state index contributed by atoms with van der Waals surface area (Å²) in [4.78, 5) is 55.1. The average molecular weight is 907 g/mol. The van der Waals surface area contributed by atoms with Gasteiger partial charge in [-0.1, -0.05) is 20.8 Å². The number of carbonyl (C=O) groups is 4. The van der Waals surface area contributed by atoms with Gasteiger partial charge < -0.3 is 72.1 Å². The van der Waals surface area contributed by atoms with Crippen LogP contribution in [0.25, 0.3) is 0 Å². The Hall–Kier alpha value is -2.56. The van der Waals surface area contributed by atoms with Gasteiger partial charge in [0.25, 0.3) is 0 Å². The fourth-order valence-electron chi connectivity index (χ4n) is 8.95. The molecule has 0 bridgehead atoms. The molecule has 0 aromatic heterocycles. The monoisotopic (exact) mass is 907 g/mol. The lowest BCUT2D eigenvalue weighted by molar-refractivity contribution is -0.345. The third kappa shape index (κ3) is 15.5. The van der Waals surface area contributed by atoms with Crippen LogP contribution in [0, 0.1) is 11.8 Å². The summed E-state index contributed by atoms with van der Waals surface area (Å²) in [6, 6.07) is -0.790. The molecule has 2 N–H and O–H groups in total.